The zero-order valence-corrected chi connectivity index (χ0v) is 14.9. The number of carbonyl (C=O) groups excluding carboxylic acids is 1. The molecule has 1 aromatic carbocycles. The molecule has 0 aliphatic carbocycles. The molecule has 1 fully saturated rings. The van der Waals surface area contributed by atoms with Gasteiger partial charge in [-0.3, -0.25) is 5.32 Å². The van der Waals surface area contributed by atoms with Crippen LogP contribution in [0.4, 0.5) is 10.5 Å². The van der Waals surface area contributed by atoms with Crippen LogP contribution in [0.3, 0.4) is 0 Å². The molecular formula is C17H26ClN3O2. The van der Waals surface area contributed by atoms with Crippen molar-refractivity contribution < 1.29 is 9.53 Å². The molecule has 1 aliphatic rings. The van der Waals surface area contributed by atoms with Crippen molar-refractivity contribution in [2.24, 2.45) is 0 Å². The molecule has 0 saturated carbocycles. The predicted molar refractivity (Wildman–Crippen MR) is 94.3 cm³/mol. The summed E-state index contributed by atoms with van der Waals surface area (Å²) in [5.41, 5.74) is 1.22. The van der Waals surface area contributed by atoms with Crippen LogP contribution < -0.4 is 10.6 Å². The molecular weight excluding hydrogens is 314 g/mol. The average Bonchev–Trinajstić information content (AvgIpc) is 2.47. The fraction of sp³-hybridized carbons (Fsp3) is 0.588. The van der Waals surface area contributed by atoms with Crippen molar-refractivity contribution in [3.05, 3.63) is 28.8 Å². The number of rotatable bonds is 4. The van der Waals surface area contributed by atoms with Gasteiger partial charge in [-0.05, 0) is 44.9 Å². The number of benzene rings is 1. The third-order valence-electron chi connectivity index (χ3n) is 3.59. The molecule has 1 heterocycles. The molecule has 1 saturated heterocycles. The second-order valence-electron chi connectivity index (χ2n) is 6.78. The first kappa shape index (κ1) is 18.0. The molecule has 0 unspecified atom stereocenters. The van der Waals surface area contributed by atoms with Crippen LogP contribution in [0.2, 0.25) is 5.02 Å². The second-order valence-corrected chi connectivity index (χ2v) is 7.19. The SMILES string of the molecule is CC(C)(C)OC(=O)Nc1cc(CCN2CCNCC2)ccc1Cl. The van der Waals surface area contributed by atoms with E-state index in [1.54, 1.807) is 0 Å². The summed E-state index contributed by atoms with van der Waals surface area (Å²) < 4.78 is 5.27. The Morgan fingerprint density at radius 1 is 1.35 bits per heavy atom. The molecule has 6 heteroatoms. The van der Waals surface area contributed by atoms with Crippen LogP contribution in [-0.4, -0.2) is 49.3 Å². The molecule has 0 atom stereocenters. The van der Waals surface area contributed by atoms with Crippen LogP contribution in [0.1, 0.15) is 26.3 Å². The van der Waals surface area contributed by atoms with E-state index in [0.717, 1.165) is 44.7 Å². The molecule has 2 rings (SSSR count). The van der Waals surface area contributed by atoms with Gasteiger partial charge in [0, 0.05) is 32.7 Å². The van der Waals surface area contributed by atoms with E-state index in [1.165, 1.54) is 0 Å². The first-order valence-electron chi connectivity index (χ1n) is 8.05. The fourth-order valence-electron chi connectivity index (χ4n) is 2.46. The lowest BCUT2D eigenvalue weighted by Crippen LogP contribution is -2.44. The Morgan fingerprint density at radius 3 is 2.70 bits per heavy atom. The van der Waals surface area contributed by atoms with E-state index >= 15 is 0 Å². The summed E-state index contributed by atoms with van der Waals surface area (Å²) in [5, 5.41) is 6.59. The number of piperazine rings is 1. The number of nitrogens with one attached hydrogen (secondary N) is 2. The van der Waals surface area contributed by atoms with Crippen molar-refractivity contribution in [1.82, 2.24) is 10.2 Å². The zero-order valence-electron chi connectivity index (χ0n) is 14.1. The number of halogens is 1. The summed E-state index contributed by atoms with van der Waals surface area (Å²) in [6.07, 6.45) is 0.443. The molecule has 1 aromatic rings. The Hall–Kier alpha value is -1.30. The van der Waals surface area contributed by atoms with Gasteiger partial charge in [0.05, 0.1) is 10.7 Å². The Bertz CT molecular complexity index is 537. The molecule has 1 aliphatic heterocycles. The summed E-state index contributed by atoms with van der Waals surface area (Å²) in [7, 11) is 0. The molecule has 0 radical (unpaired) electrons. The lowest BCUT2D eigenvalue weighted by molar-refractivity contribution is 0.0636. The minimum absolute atomic E-state index is 0.487. The number of hydrogen-bond donors (Lipinski definition) is 2. The second kappa shape index (κ2) is 7.99. The van der Waals surface area contributed by atoms with E-state index in [9.17, 15) is 4.79 Å². The molecule has 5 nitrogen and oxygen atoms in total. The maximum Gasteiger partial charge on any atom is 0.412 e. The van der Waals surface area contributed by atoms with E-state index in [1.807, 2.05) is 39.0 Å². The van der Waals surface area contributed by atoms with Crippen LogP contribution in [-0.2, 0) is 11.2 Å². The third-order valence-corrected chi connectivity index (χ3v) is 3.92. The third kappa shape index (κ3) is 6.37. The lowest BCUT2D eigenvalue weighted by Gasteiger charge is -2.27. The van der Waals surface area contributed by atoms with E-state index in [0.29, 0.717) is 10.7 Å². The predicted octanol–water partition coefficient (Wildman–Crippen LogP) is 3.13. The number of nitrogens with zero attached hydrogens (tertiary/aromatic N) is 1. The van der Waals surface area contributed by atoms with Crippen LogP contribution >= 0.6 is 11.6 Å². The summed E-state index contributed by atoms with van der Waals surface area (Å²) in [6, 6.07) is 5.75. The highest BCUT2D eigenvalue weighted by molar-refractivity contribution is 6.33. The van der Waals surface area contributed by atoms with E-state index < -0.39 is 11.7 Å². The van der Waals surface area contributed by atoms with Gasteiger partial charge in [0.2, 0.25) is 0 Å². The maximum absolute atomic E-state index is 11.9. The van der Waals surface area contributed by atoms with E-state index in [2.05, 4.69) is 15.5 Å². The number of amides is 1. The quantitative estimate of drug-likeness (QED) is 0.885. The van der Waals surface area contributed by atoms with Crippen LogP contribution in [0, 0.1) is 0 Å². The largest absolute Gasteiger partial charge is 0.444 e. The van der Waals surface area contributed by atoms with Crippen molar-refractivity contribution in [2.75, 3.05) is 38.0 Å². The summed E-state index contributed by atoms with van der Waals surface area (Å²) >= 11 is 6.17. The molecule has 0 bridgehead atoms. The average molecular weight is 340 g/mol. The van der Waals surface area contributed by atoms with Crippen molar-refractivity contribution in [3.63, 3.8) is 0 Å². The highest BCUT2D eigenvalue weighted by Crippen LogP contribution is 2.24. The van der Waals surface area contributed by atoms with Crippen molar-refractivity contribution in [3.8, 4) is 0 Å². The normalized spacial score (nSPS) is 16.2. The first-order chi connectivity index (χ1) is 10.8. The van der Waals surface area contributed by atoms with Gasteiger partial charge in [-0.2, -0.15) is 0 Å². The Labute approximate surface area is 143 Å². The minimum atomic E-state index is -0.531. The Balaban J connectivity index is 1.93. The van der Waals surface area contributed by atoms with Crippen molar-refractivity contribution in [1.29, 1.82) is 0 Å². The van der Waals surface area contributed by atoms with E-state index in [-0.39, 0.29) is 0 Å². The van der Waals surface area contributed by atoms with Gasteiger partial charge in [-0.1, -0.05) is 17.7 Å². The van der Waals surface area contributed by atoms with Gasteiger partial charge in [0.1, 0.15) is 5.60 Å². The monoisotopic (exact) mass is 339 g/mol. The molecule has 1 amide bonds. The van der Waals surface area contributed by atoms with Crippen LogP contribution in [0.25, 0.3) is 0 Å². The van der Waals surface area contributed by atoms with Gasteiger partial charge in [0.15, 0.2) is 0 Å². The number of anilines is 1. The standard InChI is InChI=1S/C17H26ClN3O2/c1-17(2,3)23-16(22)20-15-12-13(4-5-14(15)18)6-9-21-10-7-19-8-11-21/h4-5,12,19H,6-11H2,1-3H3,(H,20,22). The number of ether oxygens (including phenoxy) is 1. The van der Waals surface area contributed by atoms with Crippen LogP contribution in [0.5, 0.6) is 0 Å². The Morgan fingerprint density at radius 2 is 2.04 bits per heavy atom. The van der Waals surface area contributed by atoms with Crippen molar-refractivity contribution in [2.45, 2.75) is 32.8 Å². The zero-order chi connectivity index (χ0) is 16.9. The highest BCUT2D eigenvalue weighted by Gasteiger charge is 2.17. The van der Waals surface area contributed by atoms with Crippen molar-refractivity contribution >= 4 is 23.4 Å². The minimum Gasteiger partial charge on any atom is -0.444 e. The number of hydrogen-bond acceptors (Lipinski definition) is 4. The Kier molecular flexibility index (Phi) is 6.27. The first-order valence-corrected chi connectivity index (χ1v) is 8.43. The molecule has 128 valence electrons. The van der Waals surface area contributed by atoms with E-state index in [4.69, 9.17) is 16.3 Å². The van der Waals surface area contributed by atoms with Crippen LogP contribution in [0.15, 0.2) is 18.2 Å². The molecule has 0 spiro atoms. The van der Waals surface area contributed by atoms with Gasteiger partial charge in [-0.15, -0.1) is 0 Å². The maximum atomic E-state index is 11.9. The van der Waals surface area contributed by atoms with Gasteiger partial charge in [-0.25, -0.2) is 4.79 Å². The molecule has 0 aromatic heterocycles. The smallest absolute Gasteiger partial charge is 0.412 e. The summed E-state index contributed by atoms with van der Waals surface area (Å²) in [6.45, 7) is 10.8. The lowest BCUT2D eigenvalue weighted by atomic mass is 10.1. The number of carbonyl (C=O) groups is 1. The summed E-state index contributed by atoms with van der Waals surface area (Å²) in [5.74, 6) is 0. The van der Waals surface area contributed by atoms with Gasteiger partial charge < -0.3 is 15.0 Å². The molecule has 2 N–H and O–H groups in total. The van der Waals surface area contributed by atoms with Gasteiger partial charge in [0.25, 0.3) is 0 Å². The topological polar surface area (TPSA) is 53.6 Å². The fourth-order valence-corrected chi connectivity index (χ4v) is 2.62. The summed E-state index contributed by atoms with van der Waals surface area (Å²) in [4.78, 5) is 14.3. The highest BCUT2D eigenvalue weighted by atomic mass is 35.5. The van der Waals surface area contributed by atoms with Gasteiger partial charge >= 0.3 is 6.09 Å². The molecule has 23 heavy (non-hydrogen) atoms.